The molecule has 2 N–H and O–H groups in total. The van der Waals surface area contributed by atoms with E-state index < -0.39 is 83.2 Å². The number of methoxy groups -OCH3 is 1. The van der Waals surface area contributed by atoms with Gasteiger partial charge >= 0.3 is 24.0 Å². The van der Waals surface area contributed by atoms with Crippen molar-refractivity contribution in [3.8, 4) is 0 Å². The Kier molecular flexibility index (Phi) is 13.6. The molecule has 4 amide bonds. The summed E-state index contributed by atoms with van der Waals surface area (Å²) < 4.78 is 20.8. The summed E-state index contributed by atoms with van der Waals surface area (Å²) in [6, 6.07) is 3.75. The number of aryl methyl sites for hydroxylation is 1. The second-order valence-corrected chi connectivity index (χ2v) is 14.2. The lowest BCUT2D eigenvalue weighted by atomic mass is 9.85. The van der Waals surface area contributed by atoms with Gasteiger partial charge in [-0.15, -0.1) is 0 Å². The lowest BCUT2D eigenvalue weighted by Gasteiger charge is -2.41. The number of amides is 4. The Hall–Kier alpha value is -4.69. The molecule has 2 fully saturated rings. The SMILES string of the molecule is COC(=O)C(NC(=O)C1(Cc2ccc(C)cc2)CCCN1C(=O)[C@@H]1CCCN1C(=O)C(NC(=O)OC(C)(C)C)C(C)OC(C)=O)[C@@H](C)OC(C)=O. The largest absolute Gasteiger partial charge is 0.467 e. The van der Waals surface area contributed by atoms with Crippen LogP contribution in [0.5, 0.6) is 0 Å². The predicted octanol–water partition coefficient (Wildman–Crippen LogP) is 2.34. The Morgan fingerprint density at radius 3 is 2.02 bits per heavy atom. The second-order valence-electron chi connectivity index (χ2n) is 14.2. The highest BCUT2D eigenvalue weighted by atomic mass is 16.6. The van der Waals surface area contributed by atoms with E-state index in [0.717, 1.165) is 18.2 Å². The van der Waals surface area contributed by atoms with Gasteiger partial charge in [-0.1, -0.05) is 29.8 Å². The smallest absolute Gasteiger partial charge is 0.408 e. The Labute approximate surface area is 299 Å². The summed E-state index contributed by atoms with van der Waals surface area (Å²) in [5.41, 5.74) is -0.621. The maximum absolute atomic E-state index is 14.7. The monoisotopic (exact) mass is 716 g/mol. The summed E-state index contributed by atoms with van der Waals surface area (Å²) in [7, 11) is 1.15. The van der Waals surface area contributed by atoms with Crippen molar-refractivity contribution in [1.82, 2.24) is 20.4 Å². The van der Waals surface area contributed by atoms with Gasteiger partial charge in [-0.05, 0) is 72.8 Å². The minimum Gasteiger partial charge on any atom is -0.467 e. The van der Waals surface area contributed by atoms with Crippen LogP contribution in [-0.4, -0.2) is 113 Å². The molecule has 2 heterocycles. The summed E-state index contributed by atoms with van der Waals surface area (Å²) in [5.74, 6) is -3.95. The van der Waals surface area contributed by atoms with Crippen LogP contribution in [0.3, 0.4) is 0 Å². The van der Waals surface area contributed by atoms with Crippen LogP contribution < -0.4 is 10.6 Å². The van der Waals surface area contributed by atoms with E-state index in [2.05, 4.69) is 10.6 Å². The van der Waals surface area contributed by atoms with Crippen molar-refractivity contribution < 1.29 is 52.5 Å². The second kappa shape index (κ2) is 17.0. The highest BCUT2D eigenvalue weighted by Crippen LogP contribution is 2.36. The Balaban J connectivity index is 2.01. The van der Waals surface area contributed by atoms with E-state index >= 15 is 0 Å². The maximum Gasteiger partial charge on any atom is 0.408 e. The molecule has 2 aliphatic rings. The zero-order valence-electron chi connectivity index (χ0n) is 31.0. The molecule has 0 aliphatic carbocycles. The summed E-state index contributed by atoms with van der Waals surface area (Å²) in [6.45, 7) is 12.5. The van der Waals surface area contributed by atoms with Crippen molar-refractivity contribution in [1.29, 1.82) is 0 Å². The van der Waals surface area contributed by atoms with Gasteiger partial charge in [-0.25, -0.2) is 9.59 Å². The highest BCUT2D eigenvalue weighted by molar-refractivity contribution is 5.98. The first-order valence-corrected chi connectivity index (χ1v) is 17.2. The topological polar surface area (TPSA) is 187 Å². The van der Waals surface area contributed by atoms with E-state index in [0.29, 0.717) is 12.8 Å². The van der Waals surface area contributed by atoms with Gasteiger partial charge in [0.15, 0.2) is 6.04 Å². The molecule has 2 aliphatic heterocycles. The summed E-state index contributed by atoms with van der Waals surface area (Å²) >= 11 is 0. The molecule has 15 heteroatoms. The molecule has 1 aromatic carbocycles. The van der Waals surface area contributed by atoms with Crippen molar-refractivity contribution >= 4 is 41.7 Å². The van der Waals surface area contributed by atoms with Gasteiger partial charge in [-0.3, -0.25) is 24.0 Å². The molecule has 0 saturated carbocycles. The third-order valence-electron chi connectivity index (χ3n) is 8.94. The average molecular weight is 717 g/mol. The van der Waals surface area contributed by atoms with Crippen LogP contribution >= 0.6 is 0 Å². The van der Waals surface area contributed by atoms with E-state index in [1.165, 1.54) is 37.5 Å². The number of hydrogen-bond acceptors (Lipinski definition) is 11. The minimum atomic E-state index is -1.49. The zero-order valence-corrected chi connectivity index (χ0v) is 31.0. The summed E-state index contributed by atoms with van der Waals surface area (Å²) in [6.07, 6.45) is -1.59. The fraction of sp³-hybridized carbons (Fsp3) is 0.639. The van der Waals surface area contributed by atoms with Crippen molar-refractivity contribution in [2.75, 3.05) is 20.2 Å². The van der Waals surface area contributed by atoms with Crippen LogP contribution in [0.4, 0.5) is 4.79 Å². The van der Waals surface area contributed by atoms with Gasteiger partial charge in [0.2, 0.25) is 17.7 Å². The molecule has 51 heavy (non-hydrogen) atoms. The zero-order chi connectivity index (χ0) is 38.3. The van der Waals surface area contributed by atoms with Crippen molar-refractivity contribution in [2.45, 2.75) is 129 Å². The van der Waals surface area contributed by atoms with E-state index in [4.69, 9.17) is 18.9 Å². The molecular formula is C36H52N4O11. The first-order valence-electron chi connectivity index (χ1n) is 17.2. The van der Waals surface area contributed by atoms with Gasteiger partial charge in [0.25, 0.3) is 0 Å². The number of carbonyl (C=O) groups excluding carboxylic acids is 7. The Bertz CT molecular complexity index is 1470. The number of ether oxygens (including phenoxy) is 4. The van der Waals surface area contributed by atoms with Gasteiger partial charge in [-0.2, -0.15) is 0 Å². The number of carbonyl (C=O) groups is 7. The molecule has 1 aromatic rings. The molecular weight excluding hydrogens is 664 g/mol. The lowest BCUT2D eigenvalue weighted by Crippen LogP contribution is -2.65. The van der Waals surface area contributed by atoms with Gasteiger partial charge in [0.1, 0.15) is 35.4 Å². The fourth-order valence-electron chi connectivity index (χ4n) is 6.63. The normalized spacial score (nSPS) is 21.1. The number of rotatable bonds is 12. The number of alkyl carbamates (subject to hydrolysis) is 1. The van der Waals surface area contributed by atoms with Crippen LogP contribution in [0.2, 0.25) is 0 Å². The third-order valence-corrected chi connectivity index (χ3v) is 8.94. The molecule has 6 atom stereocenters. The van der Waals surface area contributed by atoms with Crippen molar-refractivity contribution in [3.05, 3.63) is 35.4 Å². The van der Waals surface area contributed by atoms with Crippen LogP contribution in [0.1, 0.15) is 85.3 Å². The first kappa shape index (κ1) is 40.7. The molecule has 0 bridgehead atoms. The van der Waals surface area contributed by atoms with E-state index in [9.17, 15) is 33.6 Å². The minimum absolute atomic E-state index is 0.0909. The number of esters is 3. The van der Waals surface area contributed by atoms with Gasteiger partial charge in [0, 0.05) is 33.4 Å². The maximum atomic E-state index is 14.7. The lowest BCUT2D eigenvalue weighted by molar-refractivity contribution is -0.159. The quantitative estimate of drug-likeness (QED) is 0.239. The van der Waals surface area contributed by atoms with E-state index in [1.54, 1.807) is 20.8 Å². The first-order chi connectivity index (χ1) is 23.8. The molecule has 0 spiro atoms. The number of nitrogens with one attached hydrogen (secondary N) is 2. The van der Waals surface area contributed by atoms with Crippen molar-refractivity contribution in [3.63, 3.8) is 0 Å². The molecule has 15 nitrogen and oxygen atoms in total. The highest BCUT2D eigenvalue weighted by Gasteiger charge is 2.54. The molecule has 3 rings (SSSR count). The fourth-order valence-corrected chi connectivity index (χ4v) is 6.63. The molecule has 0 aromatic heterocycles. The van der Waals surface area contributed by atoms with Gasteiger partial charge < -0.3 is 39.4 Å². The molecule has 282 valence electrons. The number of likely N-dealkylation sites (tertiary alicyclic amines) is 2. The van der Waals surface area contributed by atoms with Crippen LogP contribution in [-0.2, 0) is 54.1 Å². The standard InChI is InChI=1S/C36H52N4O11/c1-21-13-15-26(16-14-21)20-36(33(46)37-29(32(45)48-9)23(3)50-25(5)42)17-11-19-40(36)30(43)27-12-10-18-39(27)31(44)28(22(2)49-24(4)41)38-34(47)51-35(6,7)8/h13-16,22-23,27-29H,10-12,17-20H2,1-9H3,(H,37,46)(H,38,47)/t22?,23-,27+,28?,29?,36?/m1/s1. The summed E-state index contributed by atoms with van der Waals surface area (Å²) in [4.78, 5) is 95.4. The van der Waals surface area contributed by atoms with Gasteiger partial charge in [0.05, 0.1) is 7.11 Å². The molecule has 2 saturated heterocycles. The van der Waals surface area contributed by atoms with Crippen molar-refractivity contribution in [2.24, 2.45) is 0 Å². The Morgan fingerprint density at radius 1 is 0.882 bits per heavy atom. The van der Waals surface area contributed by atoms with E-state index in [-0.39, 0.29) is 32.4 Å². The van der Waals surface area contributed by atoms with Crippen LogP contribution in [0.25, 0.3) is 0 Å². The number of nitrogens with zero attached hydrogens (tertiary/aromatic N) is 2. The average Bonchev–Trinajstić information content (AvgIpc) is 3.69. The van der Waals surface area contributed by atoms with Crippen LogP contribution in [0.15, 0.2) is 24.3 Å². The molecule has 4 unspecified atom stereocenters. The number of hydrogen-bond donors (Lipinski definition) is 2. The number of benzene rings is 1. The van der Waals surface area contributed by atoms with Crippen LogP contribution in [0, 0.1) is 6.92 Å². The van der Waals surface area contributed by atoms with E-state index in [1.807, 2.05) is 31.2 Å². The Morgan fingerprint density at radius 2 is 1.47 bits per heavy atom. The predicted molar refractivity (Wildman–Crippen MR) is 183 cm³/mol. The summed E-state index contributed by atoms with van der Waals surface area (Å²) in [5, 5.41) is 5.23. The third kappa shape index (κ3) is 10.4. The molecule has 0 radical (unpaired) electrons.